The maximum atomic E-state index is 12.5. The van der Waals surface area contributed by atoms with Crippen LogP contribution in [-0.2, 0) is 0 Å². The summed E-state index contributed by atoms with van der Waals surface area (Å²) in [4.78, 5) is 14.4. The molecule has 1 saturated heterocycles. The van der Waals surface area contributed by atoms with Crippen LogP contribution in [0.1, 0.15) is 28.9 Å². The highest BCUT2D eigenvalue weighted by Crippen LogP contribution is 2.21. The summed E-state index contributed by atoms with van der Waals surface area (Å²) in [6.07, 6.45) is 1.89. The Morgan fingerprint density at radius 3 is 2.71 bits per heavy atom. The second-order valence-electron chi connectivity index (χ2n) is 6.07. The van der Waals surface area contributed by atoms with Crippen molar-refractivity contribution in [2.24, 2.45) is 5.92 Å². The summed E-state index contributed by atoms with van der Waals surface area (Å²) in [7, 11) is 0. The average Bonchev–Trinajstić information content (AvgIpc) is 2.61. The van der Waals surface area contributed by atoms with Crippen LogP contribution in [0.2, 0.25) is 0 Å². The van der Waals surface area contributed by atoms with E-state index >= 15 is 0 Å². The fourth-order valence-electron chi connectivity index (χ4n) is 2.77. The smallest absolute Gasteiger partial charge is 0.253 e. The summed E-state index contributed by atoms with van der Waals surface area (Å²) in [6.45, 7) is 4.04. The molecule has 1 fully saturated rings. The Labute approximate surface area is 150 Å². The van der Waals surface area contributed by atoms with Gasteiger partial charge in [0.2, 0.25) is 5.88 Å². The first-order valence-corrected chi connectivity index (χ1v) is 8.89. The van der Waals surface area contributed by atoms with Crippen LogP contribution in [-0.4, -0.2) is 40.7 Å². The first-order valence-electron chi connectivity index (χ1n) is 8.10. The van der Waals surface area contributed by atoms with Gasteiger partial charge in [-0.3, -0.25) is 4.79 Å². The quantitative estimate of drug-likeness (QED) is 0.802. The Morgan fingerprint density at radius 1 is 1.25 bits per heavy atom. The SMILES string of the molecule is Cc1ccc(OCC2CCN(C(=O)c3cccc(Br)c3)CC2)nn1. The molecule has 0 atom stereocenters. The normalized spacial score (nSPS) is 15.3. The van der Waals surface area contributed by atoms with E-state index in [1.54, 1.807) is 0 Å². The molecule has 0 unspecified atom stereocenters. The maximum Gasteiger partial charge on any atom is 0.253 e. The van der Waals surface area contributed by atoms with E-state index in [0.717, 1.165) is 41.7 Å². The van der Waals surface area contributed by atoms with Gasteiger partial charge >= 0.3 is 0 Å². The van der Waals surface area contributed by atoms with Crippen molar-refractivity contribution in [3.05, 3.63) is 52.1 Å². The first kappa shape index (κ1) is 16.9. The molecule has 1 aliphatic rings. The van der Waals surface area contributed by atoms with E-state index in [1.165, 1.54) is 0 Å². The van der Waals surface area contributed by atoms with E-state index in [2.05, 4.69) is 26.1 Å². The molecule has 126 valence electrons. The molecule has 0 radical (unpaired) electrons. The number of nitrogens with zero attached hydrogens (tertiary/aromatic N) is 3. The summed E-state index contributed by atoms with van der Waals surface area (Å²) in [5.74, 6) is 1.10. The summed E-state index contributed by atoms with van der Waals surface area (Å²) in [5.41, 5.74) is 1.61. The second kappa shape index (κ2) is 7.75. The van der Waals surface area contributed by atoms with E-state index in [9.17, 15) is 4.79 Å². The third-order valence-electron chi connectivity index (χ3n) is 4.21. The van der Waals surface area contributed by atoms with E-state index in [1.807, 2.05) is 48.2 Å². The fourth-order valence-corrected chi connectivity index (χ4v) is 3.17. The highest BCUT2D eigenvalue weighted by molar-refractivity contribution is 9.10. The molecule has 1 aromatic heterocycles. The van der Waals surface area contributed by atoms with Crippen LogP contribution in [0.25, 0.3) is 0 Å². The lowest BCUT2D eigenvalue weighted by molar-refractivity contribution is 0.0659. The van der Waals surface area contributed by atoms with Gasteiger partial charge in [0.15, 0.2) is 0 Å². The van der Waals surface area contributed by atoms with E-state index in [0.29, 0.717) is 18.4 Å². The second-order valence-corrected chi connectivity index (χ2v) is 6.99. The predicted molar refractivity (Wildman–Crippen MR) is 95.0 cm³/mol. The third kappa shape index (κ3) is 4.32. The van der Waals surface area contributed by atoms with Gasteiger partial charge in [-0.25, -0.2) is 0 Å². The zero-order valence-electron chi connectivity index (χ0n) is 13.6. The minimum atomic E-state index is 0.0973. The van der Waals surface area contributed by atoms with Gasteiger partial charge in [0.25, 0.3) is 5.91 Å². The molecule has 1 aliphatic heterocycles. The van der Waals surface area contributed by atoms with Gasteiger partial charge in [0.1, 0.15) is 0 Å². The molecular formula is C18H20BrN3O2. The zero-order valence-corrected chi connectivity index (χ0v) is 15.2. The lowest BCUT2D eigenvalue weighted by atomic mass is 9.97. The van der Waals surface area contributed by atoms with Crippen LogP contribution in [0.4, 0.5) is 0 Å². The van der Waals surface area contributed by atoms with Crippen LogP contribution in [0.5, 0.6) is 5.88 Å². The van der Waals surface area contributed by atoms with Crippen LogP contribution in [0.15, 0.2) is 40.9 Å². The van der Waals surface area contributed by atoms with Gasteiger partial charge in [0.05, 0.1) is 12.3 Å². The summed E-state index contributed by atoms with van der Waals surface area (Å²) < 4.78 is 6.64. The number of hydrogen-bond donors (Lipinski definition) is 0. The van der Waals surface area contributed by atoms with Crippen molar-refractivity contribution in [1.82, 2.24) is 15.1 Å². The number of amides is 1. The summed E-state index contributed by atoms with van der Waals surface area (Å²) >= 11 is 3.41. The summed E-state index contributed by atoms with van der Waals surface area (Å²) in [5, 5.41) is 8.00. The molecule has 2 heterocycles. The molecule has 0 aliphatic carbocycles. The van der Waals surface area contributed by atoms with Gasteiger partial charge in [-0.15, -0.1) is 5.10 Å². The molecule has 3 rings (SSSR count). The van der Waals surface area contributed by atoms with E-state index < -0.39 is 0 Å². The number of benzene rings is 1. The van der Waals surface area contributed by atoms with Crippen LogP contribution in [0, 0.1) is 12.8 Å². The number of ether oxygens (including phenoxy) is 1. The molecule has 2 aromatic rings. The molecule has 5 nitrogen and oxygen atoms in total. The van der Waals surface area contributed by atoms with E-state index in [-0.39, 0.29) is 5.91 Å². The Hall–Kier alpha value is -1.95. The summed E-state index contributed by atoms with van der Waals surface area (Å²) in [6, 6.07) is 11.3. The number of rotatable bonds is 4. The van der Waals surface area contributed by atoms with Gasteiger partial charge in [-0.1, -0.05) is 22.0 Å². The molecule has 1 aromatic carbocycles. The molecular weight excluding hydrogens is 370 g/mol. The van der Waals surface area contributed by atoms with Crippen molar-refractivity contribution in [2.45, 2.75) is 19.8 Å². The number of hydrogen-bond acceptors (Lipinski definition) is 4. The maximum absolute atomic E-state index is 12.5. The van der Waals surface area contributed by atoms with E-state index in [4.69, 9.17) is 4.74 Å². The molecule has 1 amide bonds. The van der Waals surface area contributed by atoms with Crippen LogP contribution in [0.3, 0.4) is 0 Å². The Balaban J connectivity index is 1.48. The highest BCUT2D eigenvalue weighted by atomic mass is 79.9. The largest absolute Gasteiger partial charge is 0.476 e. The highest BCUT2D eigenvalue weighted by Gasteiger charge is 2.24. The lowest BCUT2D eigenvalue weighted by Crippen LogP contribution is -2.39. The minimum absolute atomic E-state index is 0.0973. The third-order valence-corrected chi connectivity index (χ3v) is 4.71. The number of carbonyl (C=O) groups excluding carboxylic acids is 1. The molecule has 0 bridgehead atoms. The van der Waals surface area contributed by atoms with Gasteiger partial charge in [-0.2, -0.15) is 5.10 Å². The molecule has 6 heteroatoms. The number of carbonyl (C=O) groups is 1. The van der Waals surface area contributed by atoms with Crippen molar-refractivity contribution in [2.75, 3.05) is 19.7 Å². The number of aromatic nitrogens is 2. The first-order chi connectivity index (χ1) is 11.6. The topological polar surface area (TPSA) is 55.3 Å². The standard InChI is InChI=1S/C18H20BrN3O2/c1-13-5-6-17(21-20-13)24-12-14-7-9-22(10-8-14)18(23)15-3-2-4-16(19)11-15/h2-6,11,14H,7-10,12H2,1H3. The molecule has 0 saturated carbocycles. The van der Waals surface area contributed by atoms with Crippen molar-refractivity contribution < 1.29 is 9.53 Å². The average molecular weight is 390 g/mol. The number of piperidine rings is 1. The Morgan fingerprint density at radius 2 is 2.04 bits per heavy atom. The molecule has 0 spiro atoms. The number of halogens is 1. The molecule has 0 N–H and O–H groups in total. The van der Waals surface area contributed by atoms with Crippen molar-refractivity contribution in [3.63, 3.8) is 0 Å². The van der Waals surface area contributed by atoms with Crippen LogP contribution < -0.4 is 4.74 Å². The molecule has 24 heavy (non-hydrogen) atoms. The van der Waals surface area contributed by atoms with Crippen molar-refractivity contribution in [3.8, 4) is 5.88 Å². The number of aryl methyl sites for hydroxylation is 1. The zero-order chi connectivity index (χ0) is 16.9. The fraction of sp³-hybridized carbons (Fsp3) is 0.389. The Kier molecular flexibility index (Phi) is 5.45. The number of likely N-dealkylation sites (tertiary alicyclic amines) is 1. The van der Waals surface area contributed by atoms with Gasteiger partial charge in [-0.05, 0) is 49.9 Å². The predicted octanol–water partition coefficient (Wildman–Crippen LogP) is 3.48. The monoisotopic (exact) mass is 389 g/mol. The minimum Gasteiger partial charge on any atom is -0.476 e. The van der Waals surface area contributed by atoms with Gasteiger partial charge < -0.3 is 9.64 Å². The van der Waals surface area contributed by atoms with Crippen molar-refractivity contribution in [1.29, 1.82) is 0 Å². The lowest BCUT2D eigenvalue weighted by Gasteiger charge is -2.31. The van der Waals surface area contributed by atoms with Gasteiger partial charge in [0, 0.05) is 29.2 Å². The van der Waals surface area contributed by atoms with Crippen LogP contribution >= 0.6 is 15.9 Å². The Bertz CT molecular complexity index is 698. The van der Waals surface area contributed by atoms with Crippen molar-refractivity contribution >= 4 is 21.8 Å².